The zero-order valence-electron chi connectivity index (χ0n) is 10.9. The van der Waals surface area contributed by atoms with E-state index >= 15 is 0 Å². The first kappa shape index (κ1) is 14.5. The van der Waals surface area contributed by atoms with Crippen molar-refractivity contribution in [2.24, 2.45) is 5.92 Å². The molecule has 2 rings (SSSR count). The minimum absolute atomic E-state index is 0.477. The number of nitrogens with one attached hydrogen (secondary N) is 1. The van der Waals surface area contributed by atoms with Gasteiger partial charge in [-0.2, -0.15) is 0 Å². The number of hydrogen-bond acceptors (Lipinski definition) is 1. The summed E-state index contributed by atoms with van der Waals surface area (Å²) >= 11 is 7.23. The van der Waals surface area contributed by atoms with Crippen LogP contribution in [0.15, 0.2) is 27.1 Å². The summed E-state index contributed by atoms with van der Waals surface area (Å²) in [7, 11) is 2.09. The highest BCUT2D eigenvalue weighted by atomic mass is 79.9. The second-order valence-electron chi connectivity index (χ2n) is 5.18. The predicted octanol–water partition coefficient (Wildman–Crippen LogP) is 5.44. The van der Waals surface area contributed by atoms with Gasteiger partial charge in [-0.1, -0.05) is 63.6 Å². The van der Waals surface area contributed by atoms with E-state index in [9.17, 15) is 0 Å². The second kappa shape index (κ2) is 7.06. The van der Waals surface area contributed by atoms with Gasteiger partial charge in [0.05, 0.1) is 0 Å². The summed E-state index contributed by atoms with van der Waals surface area (Å²) in [5.41, 5.74) is 1.40. The van der Waals surface area contributed by atoms with E-state index in [4.69, 9.17) is 0 Å². The fourth-order valence-electron chi connectivity index (χ4n) is 3.04. The van der Waals surface area contributed by atoms with Crippen LogP contribution in [0.25, 0.3) is 0 Å². The lowest BCUT2D eigenvalue weighted by molar-refractivity contribution is 0.341. The van der Waals surface area contributed by atoms with Gasteiger partial charge in [-0.3, -0.25) is 0 Å². The van der Waals surface area contributed by atoms with E-state index in [1.54, 1.807) is 0 Å². The third-order valence-corrected chi connectivity index (χ3v) is 5.16. The average molecular weight is 375 g/mol. The van der Waals surface area contributed by atoms with Gasteiger partial charge in [0.1, 0.15) is 0 Å². The number of rotatable bonds is 3. The Balaban J connectivity index is 2.20. The van der Waals surface area contributed by atoms with Crippen LogP contribution in [0.5, 0.6) is 0 Å². The molecule has 0 saturated heterocycles. The lowest BCUT2D eigenvalue weighted by Crippen LogP contribution is -2.25. The third kappa shape index (κ3) is 3.58. The van der Waals surface area contributed by atoms with Crippen LogP contribution < -0.4 is 5.32 Å². The Kier molecular flexibility index (Phi) is 5.71. The molecule has 1 fully saturated rings. The van der Waals surface area contributed by atoms with Gasteiger partial charge in [-0.15, -0.1) is 0 Å². The van der Waals surface area contributed by atoms with Crippen molar-refractivity contribution in [1.82, 2.24) is 5.32 Å². The van der Waals surface area contributed by atoms with Crippen molar-refractivity contribution in [3.05, 3.63) is 32.7 Å². The Morgan fingerprint density at radius 2 is 1.78 bits per heavy atom. The molecular weight excluding hydrogens is 354 g/mol. The van der Waals surface area contributed by atoms with E-state index < -0.39 is 0 Å². The van der Waals surface area contributed by atoms with Gasteiger partial charge in [0, 0.05) is 15.0 Å². The molecule has 1 aliphatic rings. The molecule has 0 heterocycles. The Morgan fingerprint density at radius 1 is 1.11 bits per heavy atom. The maximum atomic E-state index is 3.70. The van der Waals surface area contributed by atoms with E-state index in [-0.39, 0.29) is 0 Å². The molecule has 0 amide bonds. The van der Waals surface area contributed by atoms with Crippen LogP contribution in [0, 0.1) is 5.92 Å². The van der Waals surface area contributed by atoms with Crippen LogP contribution in [0.4, 0.5) is 0 Å². The van der Waals surface area contributed by atoms with Gasteiger partial charge in [-0.05, 0) is 43.5 Å². The highest BCUT2D eigenvalue weighted by Crippen LogP contribution is 2.37. The topological polar surface area (TPSA) is 12.0 Å². The van der Waals surface area contributed by atoms with E-state index in [0.29, 0.717) is 6.04 Å². The van der Waals surface area contributed by atoms with Crippen LogP contribution in [0.3, 0.4) is 0 Å². The summed E-state index contributed by atoms with van der Waals surface area (Å²) in [6.07, 6.45) is 8.30. The van der Waals surface area contributed by atoms with Gasteiger partial charge in [-0.25, -0.2) is 0 Å². The molecule has 1 aliphatic carbocycles. The maximum absolute atomic E-state index is 3.70. The van der Waals surface area contributed by atoms with Crippen molar-refractivity contribution >= 4 is 31.9 Å². The Morgan fingerprint density at radius 3 is 2.33 bits per heavy atom. The summed E-state index contributed by atoms with van der Waals surface area (Å²) in [5, 5.41) is 3.53. The van der Waals surface area contributed by atoms with E-state index in [0.717, 1.165) is 10.4 Å². The highest BCUT2D eigenvalue weighted by molar-refractivity contribution is 9.11. The van der Waals surface area contributed by atoms with Crippen molar-refractivity contribution in [2.45, 2.75) is 44.6 Å². The zero-order valence-corrected chi connectivity index (χ0v) is 14.1. The summed E-state index contributed by atoms with van der Waals surface area (Å²) in [4.78, 5) is 0. The molecule has 1 aromatic carbocycles. The Labute approximate surface area is 127 Å². The molecule has 0 aliphatic heterocycles. The van der Waals surface area contributed by atoms with Gasteiger partial charge in [0.15, 0.2) is 0 Å². The highest BCUT2D eigenvalue weighted by Gasteiger charge is 2.24. The molecule has 0 radical (unpaired) electrons. The molecule has 0 bridgehead atoms. The van der Waals surface area contributed by atoms with Crippen molar-refractivity contribution < 1.29 is 0 Å². The molecule has 1 nitrogen and oxygen atoms in total. The second-order valence-corrected chi connectivity index (χ2v) is 6.95. The summed E-state index contributed by atoms with van der Waals surface area (Å²) in [6.45, 7) is 0. The standard InChI is InChI=1S/C15H21Br2N/c1-18-15(11-6-4-2-3-5-7-11)13-9-8-12(16)10-14(13)17/h8-11,15,18H,2-7H2,1H3. The minimum atomic E-state index is 0.477. The lowest BCUT2D eigenvalue weighted by atomic mass is 9.87. The summed E-state index contributed by atoms with van der Waals surface area (Å²) in [5.74, 6) is 0.773. The molecular formula is C15H21Br2N. The molecule has 1 atom stereocenters. The maximum Gasteiger partial charge on any atom is 0.0357 e. The quantitative estimate of drug-likeness (QED) is 0.694. The molecule has 1 saturated carbocycles. The third-order valence-electron chi connectivity index (χ3n) is 3.98. The molecule has 18 heavy (non-hydrogen) atoms. The van der Waals surface area contributed by atoms with Crippen LogP contribution in [0.2, 0.25) is 0 Å². The van der Waals surface area contributed by atoms with Gasteiger partial charge >= 0.3 is 0 Å². The molecule has 1 N–H and O–H groups in total. The van der Waals surface area contributed by atoms with Gasteiger partial charge in [0.25, 0.3) is 0 Å². The van der Waals surface area contributed by atoms with Crippen LogP contribution in [-0.2, 0) is 0 Å². The largest absolute Gasteiger partial charge is 0.313 e. The normalized spacial score (nSPS) is 19.5. The zero-order chi connectivity index (χ0) is 13.0. The lowest BCUT2D eigenvalue weighted by Gasteiger charge is -2.27. The Bertz CT molecular complexity index is 384. The molecule has 1 unspecified atom stereocenters. The molecule has 0 aromatic heterocycles. The smallest absolute Gasteiger partial charge is 0.0357 e. The molecule has 0 spiro atoms. The van der Waals surface area contributed by atoms with E-state index in [1.807, 2.05) is 0 Å². The SMILES string of the molecule is CNC(c1ccc(Br)cc1Br)C1CCCCCC1. The predicted molar refractivity (Wildman–Crippen MR) is 84.8 cm³/mol. The number of hydrogen-bond donors (Lipinski definition) is 1. The summed E-state index contributed by atoms with van der Waals surface area (Å²) in [6, 6.07) is 7.00. The van der Waals surface area contributed by atoms with Gasteiger partial charge in [0.2, 0.25) is 0 Å². The molecule has 100 valence electrons. The summed E-state index contributed by atoms with van der Waals surface area (Å²) < 4.78 is 2.34. The van der Waals surface area contributed by atoms with Crippen LogP contribution >= 0.6 is 31.9 Å². The van der Waals surface area contributed by atoms with Gasteiger partial charge < -0.3 is 5.32 Å². The van der Waals surface area contributed by atoms with Crippen molar-refractivity contribution in [3.63, 3.8) is 0 Å². The van der Waals surface area contributed by atoms with Crippen LogP contribution in [-0.4, -0.2) is 7.05 Å². The van der Waals surface area contributed by atoms with E-state index in [2.05, 4.69) is 62.4 Å². The number of benzene rings is 1. The molecule has 3 heteroatoms. The fraction of sp³-hybridized carbons (Fsp3) is 0.600. The monoisotopic (exact) mass is 373 g/mol. The van der Waals surface area contributed by atoms with E-state index in [1.165, 1.54) is 48.6 Å². The minimum Gasteiger partial charge on any atom is -0.313 e. The van der Waals surface area contributed by atoms with Crippen LogP contribution in [0.1, 0.15) is 50.1 Å². The average Bonchev–Trinajstić information content (AvgIpc) is 2.62. The first-order valence-electron chi connectivity index (χ1n) is 6.84. The van der Waals surface area contributed by atoms with Crippen molar-refractivity contribution in [1.29, 1.82) is 0 Å². The fourth-order valence-corrected chi connectivity index (χ4v) is 4.34. The first-order chi connectivity index (χ1) is 8.72. The van der Waals surface area contributed by atoms with Crippen molar-refractivity contribution in [2.75, 3.05) is 7.05 Å². The Hall–Kier alpha value is 0.140. The van der Waals surface area contributed by atoms with Crippen molar-refractivity contribution in [3.8, 4) is 0 Å². The molecule has 1 aromatic rings. The number of halogens is 2. The first-order valence-corrected chi connectivity index (χ1v) is 8.43.